The van der Waals surface area contributed by atoms with E-state index in [-0.39, 0.29) is 24.1 Å². The monoisotopic (exact) mass is 628 g/mol. The van der Waals surface area contributed by atoms with E-state index in [2.05, 4.69) is 28.6 Å². The average Bonchev–Trinajstić information content (AvgIpc) is 3.04. The molecular formula is C32H44N4O5S2. The van der Waals surface area contributed by atoms with E-state index in [1.165, 1.54) is 32.1 Å². The molecule has 0 bridgehead atoms. The van der Waals surface area contributed by atoms with Gasteiger partial charge in [0.05, 0.1) is 19.8 Å². The minimum Gasteiger partial charge on any atom is -0.457 e. The Morgan fingerprint density at radius 1 is 0.907 bits per heavy atom. The average molecular weight is 629 g/mol. The lowest BCUT2D eigenvalue weighted by Gasteiger charge is -2.27. The molecule has 0 spiro atoms. The van der Waals surface area contributed by atoms with E-state index in [1.54, 1.807) is 11.8 Å². The van der Waals surface area contributed by atoms with E-state index in [0.29, 0.717) is 50.3 Å². The summed E-state index contributed by atoms with van der Waals surface area (Å²) in [6.07, 6.45) is 6.25. The highest BCUT2D eigenvalue weighted by Gasteiger charge is 2.27. The Hall–Kier alpha value is -2.73. The van der Waals surface area contributed by atoms with Crippen LogP contribution in [0.2, 0.25) is 0 Å². The van der Waals surface area contributed by atoms with Gasteiger partial charge >= 0.3 is 0 Å². The summed E-state index contributed by atoms with van der Waals surface area (Å²) < 4.78 is 11.2. The largest absolute Gasteiger partial charge is 0.457 e. The van der Waals surface area contributed by atoms with E-state index in [9.17, 15) is 14.4 Å². The fourth-order valence-corrected chi connectivity index (χ4v) is 6.70. The van der Waals surface area contributed by atoms with Crippen LogP contribution >= 0.6 is 24.4 Å². The molecule has 0 unspecified atom stereocenters. The minimum absolute atomic E-state index is 0.127. The number of thiol groups is 1. The Morgan fingerprint density at radius 3 is 2.30 bits per heavy atom. The molecule has 43 heavy (non-hydrogen) atoms. The van der Waals surface area contributed by atoms with Gasteiger partial charge in [0.15, 0.2) is 0 Å². The van der Waals surface area contributed by atoms with Crippen molar-refractivity contribution in [1.29, 1.82) is 0 Å². The normalized spacial score (nSPS) is 17.4. The van der Waals surface area contributed by atoms with Gasteiger partial charge in [0, 0.05) is 31.1 Å². The number of amides is 3. The van der Waals surface area contributed by atoms with Gasteiger partial charge in [-0.25, -0.2) is 0 Å². The second-order valence-corrected chi connectivity index (χ2v) is 12.5. The first kappa shape index (κ1) is 33.2. The summed E-state index contributed by atoms with van der Waals surface area (Å²) in [6, 6.07) is 15.5. The zero-order chi connectivity index (χ0) is 30.3. The van der Waals surface area contributed by atoms with Crippen LogP contribution in [0.25, 0.3) is 0 Å². The summed E-state index contributed by atoms with van der Waals surface area (Å²) in [5.41, 5.74) is 0.914. The number of hydrogen-bond donors (Lipinski definition) is 4. The lowest BCUT2D eigenvalue weighted by atomic mass is 9.91. The highest BCUT2D eigenvalue weighted by molar-refractivity contribution is 7.99. The van der Waals surface area contributed by atoms with Crippen LogP contribution < -0.4 is 20.7 Å². The van der Waals surface area contributed by atoms with Crippen LogP contribution in [0.5, 0.6) is 11.5 Å². The Labute approximate surface area is 264 Å². The van der Waals surface area contributed by atoms with Gasteiger partial charge in [-0.3, -0.25) is 19.3 Å². The fraction of sp³-hybridized carbons (Fsp3) is 0.531. The van der Waals surface area contributed by atoms with Gasteiger partial charge in [0.2, 0.25) is 17.7 Å². The lowest BCUT2D eigenvalue weighted by molar-refractivity contribution is -0.131. The number of hydrogen-bond acceptors (Lipinski definition) is 8. The number of ether oxygens (including phenoxy) is 2. The van der Waals surface area contributed by atoms with Gasteiger partial charge < -0.3 is 25.4 Å². The van der Waals surface area contributed by atoms with Crippen LogP contribution in [0.15, 0.2) is 54.6 Å². The first-order valence-electron chi connectivity index (χ1n) is 15.2. The molecule has 2 aromatic carbocycles. The van der Waals surface area contributed by atoms with E-state index in [0.717, 1.165) is 17.1 Å². The maximum Gasteiger partial charge on any atom is 0.244 e. The summed E-state index contributed by atoms with van der Waals surface area (Å²) in [5, 5.41) is 8.67. The summed E-state index contributed by atoms with van der Waals surface area (Å²) in [5.74, 6) is 2.75. The molecule has 1 aliphatic carbocycles. The highest BCUT2D eigenvalue weighted by Crippen LogP contribution is 2.27. The fourth-order valence-electron chi connectivity index (χ4n) is 5.17. The van der Waals surface area contributed by atoms with Crippen LogP contribution in [-0.2, 0) is 25.7 Å². The van der Waals surface area contributed by atoms with Crippen molar-refractivity contribution in [3.63, 3.8) is 0 Å². The molecule has 2 fully saturated rings. The van der Waals surface area contributed by atoms with Crippen molar-refractivity contribution in [3.05, 3.63) is 60.2 Å². The predicted octanol–water partition coefficient (Wildman–Crippen LogP) is 3.64. The number of nitrogens with zero attached hydrogens (tertiary/aromatic N) is 1. The van der Waals surface area contributed by atoms with Crippen LogP contribution in [0.3, 0.4) is 0 Å². The number of para-hydroxylation sites is 1. The second kappa shape index (κ2) is 18.2. The zero-order valence-electron chi connectivity index (χ0n) is 24.7. The van der Waals surface area contributed by atoms with Crippen LogP contribution in [0.4, 0.5) is 0 Å². The molecule has 0 radical (unpaired) electrons. The molecule has 4 rings (SSSR count). The molecule has 0 aromatic heterocycles. The molecule has 3 amide bonds. The summed E-state index contributed by atoms with van der Waals surface area (Å²) >= 11 is 6.02. The third-order valence-corrected chi connectivity index (χ3v) is 9.31. The quantitative estimate of drug-likeness (QED) is 0.223. The van der Waals surface area contributed by atoms with Crippen molar-refractivity contribution in [3.8, 4) is 11.5 Å². The molecule has 1 saturated heterocycles. The first-order chi connectivity index (χ1) is 21.0. The van der Waals surface area contributed by atoms with Crippen molar-refractivity contribution in [2.45, 2.75) is 50.7 Å². The SMILES string of the molecule is O=C(CN1CCOCC1)N[C@@H](CS)C(=O)N[C@@H](CSCC1CCCCC1)C(=O)NCc1ccc(Oc2ccccc2)cc1. The van der Waals surface area contributed by atoms with Gasteiger partial charge in [-0.1, -0.05) is 49.6 Å². The van der Waals surface area contributed by atoms with Crippen LogP contribution in [0.1, 0.15) is 37.7 Å². The number of carbonyl (C=O) groups is 3. The molecule has 2 aromatic rings. The molecule has 1 saturated carbocycles. The molecule has 9 nitrogen and oxygen atoms in total. The maximum atomic E-state index is 13.3. The number of nitrogens with one attached hydrogen (secondary N) is 3. The van der Waals surface area contributed by atoms with Crippen molar-refractivity contribution < 1.29 is 23.9 Å². The number of thioether (sulfide) groups is 1. The molecular weight excluding hydrogens is 585 g/mol. The molecule has 1 heterocycles. The molecule has 3 N–H and O–H groups in total. The van der Waals surface area contributed by atoms with Crippen molar-refractivity contribution in [1.82, 2.24) is 20.9 Å². The van der Waals surface area contributed by atoms with Gasteiger partial charge in [-0.2, -0.15) is 24.4 Å². The molecule has 11 heteroatoms. The molecule has 1 aliphatic heterocycles. The van der Waals surface area contributed by atoms with Crippen molar-refractivity contribution >= 4 is 42.1 Å². The number of benzene rings is 2. The number of morpholine rings is 1. The van der Waals surface area contributed by atoms with Crippen molar-refractivity contribution in [2.24, 2.45) is 5.92 Å². The van der Waals surface area contributed by atoms with Crippen molar-refractivity contribution in [2.75, 3.05) is 50.1 Å². The third-order valence-electron chi connectivity index (χ3n) is 7.67. The van der Waals surface area contributed by atoms with E-state index < -0.39 is 18.0 Å². The lowest BCUT2D eigenvalue weighted by Crippen LogP contribution is -2.56. The maximum absolute atomic E-state index is 13.3. The molecule has 234 valence electrons. The number of carbonyl (C=O) groups excluding carboxylic acids is 3. The topological polar surface area (TPSA) is 109 Å². The molecule has 2 atom stereocenters. The summed E-state index contributed by atoms with van der Waals surface area (Å²) in [6.45, 7) is 3.03. The van der Waals surface area contributed by atoms with Gasteiger partial charge in [0.1, 0.15) is 23.6 Å². The standard InChI is InChI=1S/C32H44N4O5S2/c37-30(20-36-15-17-40-18-16-36)34-28(21-42)32(39)35-29(23-43-22-25-7-3-1-4-8-25)31(38)33-19-24-11-13-27(14-12-24)41-26-9-5-2-6-10-26/h2,5-6,9-14,25,28-29,42H,1,3-4,7-8,15-23H2,(H,33,38)(H,34,37)(H,35,39)/t28-,29-/m0/s1. The Morgan fingerprint density at radius 2 is 1.60 bits per heavy atom. The van der Waals surface area contributed by atoms with Gasteiger partial charge in [-0.15, -0.1) is 0 Å². The van der Waals surface area contributed by atoms with Gasteiger partial charge in [0.25, 0.3) is 0 Å². The van der Waals surface area contributed by atoms with Crippen LogP contribution in [0, 0.1) is 5.92 Å². The van der Waals surface area contributed by atoms with Crippen LogP contribution in [-0.4, -0.2) is 84.8 Å². The van der Waals surface area contributed by atoms with E-state index in [1.807, 2.05) is 59.5 Å². The van der Waals surface area contributed by atoms with E-state index >= 15 is 0 Å². The third kappa shape index (κ3) is 11.7. The summed E-state index contributed by atoms with van der Waals surface area (Å²) in [7, 11) is 0. The second-order valence-electron chi connectivity index (χ2n) is 11.1. The summed E-state index contributed by atoms with van der Waals surface area (Å²) in [4.78, 5) is 41.2. The zero-order valence-corrected chi connectivity index (χ0v) is 26.4. The Bertz CT molecular complexity index is 1140. The molecule has 2 aliphatic rings. The Balaban J connectivity index is 1.31. The van der Waals surface area contributed by atoms with Gasteiger partial charge in [-0.05, 0) is 54.3 Å². The Kier molecular flexibility index (Phi) is 14.0. The number of rotatable bonds is 15. The minimum atomic E-state index is -0.840. The predicted molar refractivity (Wildman–Crippen MR) is 174 cm³/mol. The smallest absolute Gasteiger partial charge is 0.244 e. The first-order valence-corrected chi connectivity index (χ1v) is 17.0. The highest BCUT2D eigenvalue weighted by atomic mass is 32.2. The van der Waals surface area contributed by atoms with E-state index in [4.69, 9.17) is 9.47 Å².